The lowest BCUT2D eigenvalue weighted by Crippen LogP contribution is -2.34. The molecule has 0 aliphatic heterocycles. The first-order valence-corrected chi connectivity index (χ1v) is 7.99. The van der Waals surface area contributed by atoms with Crippen LogP contribution in [0.25, 0.3) is 10.9 Å². The molecule has 0 saturated carbocycles. The van der Waals surface area contributed by atoms with E-state index in [0.29, 0.717) is 0 Å². The van der Waals surface area contributed by atoms with Crippen molar-refractivity contribution in [2.24, 2.45) is 0 Å². The Morgan fingerprint density at radius 2 is 2.05 bits per heavy atom. The quantitative estimate of drug-likeness (QED) is 0.793. The molecule has 0 amide bonds. The molecule has 21 heavy (non-hydrogen) atoms. The highest BCUT2D eigenvalue weighted by atomic mass is 16.5. The van der Waals surface area contributed by atoms with Crippen LogP contribution >= 0.6 is 0 Å². The molecule has 0 saturated heterocycles. The van der Waals surface area contributed by atoms with Gasteiger partial charge in [0.15, 0.2) is 0 Å². The summed E-state index contributed by atoms with van der Waals surface area (Å²) >= 11 is 0. The maximum Gasteiger partial charge on any atom is 0.0769 e. The van der Waals surface area contributed by atoms with Crippen LogP contribution in [-0.4, -0.2) is 24.2 Å². The summed E-state index contributed by atoms with van der Waals surface area (Å²) in [6.45, 7) is 8.10. The number of nitrogens with one attached hydrogen (secondary N) is 1. The summed E-state index contributed by atoms with van der Waals surface area (Å²) in [7, 11) is 0. The van der Waals surface area contributed by atoms with Crippen molar-refractivity contribution in [1.82, 2.24) is 10.3 Å². The second-order valence-electron chi connectivity index (χ2n) is 5.27. The van der Waals surface area contributed by atoms with Crippen molar-refractivity contribution >= 4 is 10.9 Å². The molecule has 0 aliphatic carbocycles. The van der Waals surface area contributed by atoms with Crippen LogP contribution in [-0.2, 0) is 4.74 Å². The zero-order valence-electron chi connectivity index (χ0n) is 13.3. The molecule has 114 valence electrons. The number of pyridine rings is 1. The minimum absolute atomic E-state index is 0.217. The molecule has 0 fully saturated rings. The highest BCUT2D eigenvalue weighted by Crippen LogP contribution is 2.25. The van der Waals surface area contributed by atoms with Crippen LogP contribution in [0, 0.1) is 0 Å². The third-order valence-corrected chi connectivity index (χ3v) is 3.74. The molecule has 0 radical (unpaired) electrons. The van der Waals surface area contributed by atoms with Gasteiger partial charge in [0.1, 0.15) is 0 Å². The van der Waals surface area contributed by atoms with Crippen molar-refractivity contribution in [1.29, 1.82) is 0 Å². The maximum absolute atomic E-state index is 5.99. The molecule has 1 aromatic heterocycles. The number of hydrogen-bond donors (Lipinski definition) is 1. The summed E-state index contributed by atoms with van der Waals surface area (Å²) in [6, 6.07) is 10.8. The Kier molecular flexibility index (Phi) is 6.15. The van der Waals surface area contributed by atoms with Crippen LogP contribution in [0.1, 0.15) is 45.2 Å². The zero-order chi connectivity index (χ0) is 15.1. The molecule has 3 nitrogen and oxygen atoms in total. The Balaban J connectivity index is 2.33. The van der Waals surface area contributed by atoms with Gasteiger partial charge in [0.25, 0.3) is 0 Å². The first-order chi connectivity index (χ1) is 10.3. The summed E-state index contributed by atoms with van der Waals surface area (Å²) in [5, 5.41) is 4.77. The molecule has 2 atom stereocenters. The number of aromatic nitrogens is 1. The Hall–Kier alpha value is -1.45. The second-order valence-corrected chi connectivity index (χ2v) is 5.27. The fraction of sp³-hybridized carbons (Fsp3) is 0.500. The number of ether oxygens (including phenoxy) is 1. The van der Waals surface area contributed by atoms with E-state index in [4.69, 9.17) is 4.74 Å². The molecule has 2 unspecified atom stereocenters. The Bertz CT molecular complexity index is 550. The van der Waals surface area contributed by atoms with Crippen molar-refractivity contribution < 1.29 is 4.74 Å². The topological polar surface area (TPSA) is 34.1 Å². The van der Waals surface area contributed by atoms with Gasteiger partial charge in [0.05, 0.1) is 17.7 Å². The van der Waals surface area contributed by atoms with Crippen LogP contribution in [0.15, 0.2) is 36.5 Å². The van der Waals surface area contributed by atoms with Gasteiger partial charge < -0.3 is 10.1 Å². The lowest BCUT2D eigenvalue weighted by molar-refractivity contribution is 0.0280. The molecule has 0 aliphatic rings. The number of hydrogen-bond acceptors (Lipinski definition) is 3. The van der Waals surface area contributed by atoms with E-state index in [-0.39, 0.29) is 12.1 Å². The van der Waals surface area contributed by atoms with Crippen molar-refractivity contribution in [3.63, 3.8) is 0 Å². The zero-order valence-corrected chi connectivity index (χ0v) is 13.3. The van der Waals surface area contributed by atoms with Gasteiger partial charge in [0, 0.05) is 18.2 Å². The largest absolute Gasteiger partial charge is 0.377 e. The molecule has 3 heteroatoms. The first-order valence-electron chi connectivity index (χ1n) is 7.99. The standard InChI is InChI=1S/C18H26N2O/c1-4-8-17(21-6-3)18(19-5-2)15-10-11-16-14(13-15)9-7-12-20-16/h7,9-13,17-19H,4-6,8H2,1-3H3. The smallest absolute Gasteiger partial charge is 0.0769 e. The van der Waals surface area contributed by atoms with Crippen molar-refractivity contribution in [3.05, 3.63) is 42.1 Å². The van der Waals surface area contributed by atoms with E-state index >= 15 is 0 Å². The highest BCUT2D eigenvalue weighted by molar-refractivity contribution is 5.79. The van der Waals surface area contributed by atoms with Crippen molar-refractivity contribution in [2.75, 3.05) is 13.2 Å². The average molecular weight is 286 g/mol. The van der Waals surface area contributed by atoms with Gasteiger partial charge in [-0.2, -0.15) is 0 Å². The molecule has 2 rings (SSSR count). The summed E-state index contributed by atoms with van der Waals surface area (Å²) in [6.07, 6.45) is 4.25. The monoisotopic (exact) mass is 286 g/mol. The Labute approximate surface area is 127 Å². The molecule has 0 spiro atoms. The fourth-order valence-corrected chi connectivity index (χ4v) is 2.82. The van der Waals surface area contributed by atoms with E-state index in [0.717, 1.165) is 31.5 Å². The number of nitrogens with zero attached hydrogens (tertiary/aromatic N) is 1. The van der Waals surface area contributed by atoms with Crippen LogP contribution < -0.4 is 5.32 Å². The highest BCUT2D eigenvalue weighted by Gasteiger charge is 2.22. The minimum Gasteiger partial charge on any atom is -0.377 e. The van der Waals surface area contributed by atoms with Crippen molar-refractivity contribution in [3.8, 4) is 0 Å². The van der Waals surface area contributed by atoms with Crippen LogP contribution in [0.5, 0.6) is 0 Å². The molecular formula is C18H26N2O. The van der Waals surface area contributed by atoms with Gasteiger partial charge in [-0.05, 0) is 43.7 Å². The first kappa shape index (κ1) is 15.9. The normalized spacial score (nSPS) is 14.2. The van der Waals surface area contributed by atoms with Gasteiger partial charge in [-0.25, -0.2) is 0 Å². The van der Waals surface area contributed by atoms with Crippen LogP contribution in [0.4, 0.5) is 0 Å². The predicted octanol–water partition coefficient (Wildman–Crippen LogP) is 4.09. The van der Waals surface area contributed by atoms with E-state index in [9.17, 15) is 0 Å². The second kappa shape index (κ2) is 8.11. The number of rotatable bonds is 8. The summed E-state index contributed by atoms with van der Waals surface area (Å²) in [5.74, 6) is 0. The number of benzene rings is 1. The SMILES string of the molecule is CCCC(OCC)C(NCC)c1ccc2ncccc2c1. The Morgan fingerprint density at radius 1 is 1.19 bits per heavy atom. The van der Waals surface area contributed by atoms with Gasteiger partial charge in [-0.15, -0.1) is 0 Å². The maximum atomic E-state index is 5.99. The van der Waals surface area contributed by atoms with Gasteiger partial charge in [-0.3, -0.25) is 4.98 Å². The summed E-state index contributed by atoms with van der Waals surface area (Å²) < 4.78 is 5.99. The van der Waals surface area contributed by atoms with Crippen LogP contribution in [0.3, 0.4) is 0 Å². The number of likely N-dealkylation sites (N-methyl/N-ethyl adjacent to an activating group) is 1. The van der Waals surface area contributed by atoms with E-state index in [1.54, 1.807) is 0 Å². The molecular weight excluding hydrogens is 260 g/mol. The van der Waals surface area contributed by atoms with Crippen molar-refractivity contribution in [2.45, 2.75) is 45.8 Å². The summed E-state index contributed by atoms with van der Waals surface area (Å²) in [5.41, 5.74) is 2.32. The van der Waals surface area contributed by atoms with Gasteiger partial charge in [-0.1, -0.05) is 32.4 Å². The lowest BCUT2D eigenvalue weighted by atomic mass is 9.96. The van der Waals surface area contributed by atoms with Gasteiger partial charge in [0.2, 0.25) is 0 Å². The number of fused-ring (bicyclic) bond motifs is 1. The van der Waals surface area contributed by atoms with Crippen LogP contribution in [0.2, 0.25) is 0 Å². The van der Waals surface area contributed by atoms with E-state index in [2.05, 4.69) is 55.3 Å². The van der Waals surface area contributed by atoms with E-state index < -0.39 is 0 Å². The third kappa shape index (κ3) is 4.02. The predicted molar refractivity (Wildman–Crippen MR) is 88.5 cm³/mol. The molecule has 1 aromatic carbocycles. The molecule has 1 heterocycles. The van der Waals surface area contributed by atoms with E-state index in [1.807, 2.05) is 12.3 Å². The third-order valence-electron chi connectivity index (χ3n) is 3.74. The molecule has 1 N–H and O–H groups in total. The van der Waals surface area contributed by atoms with E-state index in [1.165, 1.54) is 10.9 Å². The molecule has 2 aromatic rings. The Morgan fingerprint density at radius 3 is 2.76 bits per heavy atom. The van der Waals surface area contributed by atoms with Gasteiger partial charge >= 0.3 is 0 Å². The fourth-order valence-electron chi connectivity index (χ4n) is 2.82. The lowest BCUT2D eigenvalue weighted by Gasteiger charge is -2.28. The minimum atomic E-state index is 0.217. The summed E-state index contributed by atoms with van der Waals surface area (Å²) in [4.78, 5) is 4.39. The average Bonchev–Trinajstić information content (AvgIpc) is 2.52. The molecule has 0 bridgehead atoms.